The minimum atomic E-state index is -0.563. The average molecular weight is 458 g/mol. The number of H-pyrrole nitrogens is 1. The number of nitrogens with one attached hydrogen (secondary N) is 2. The van der Waals surface area contributed by atoms with Gasteiger partial charge in [0.25, 0.3) is 17.5 Å². The zero-order chi connectivity index (χ0) is 23.1. The third kappa shape index (κ3) is 5.67. The van der Waals surface area contributed by atoms with E-state index in [1.54, 1.807) is 24.3 Å². The second-order valence-corrected chi connectivity index (χ2v) is 7.36. The topological polar surface area (TPSA) is 150 Å². The number of aromatic hydroxyl groups is 1. The van der Waals surface area contributed by atoms with Crippen LogP contribution in [0, 0.1) is 10.1 Å². The highest BCUT2D eigenvalue weighted by atomic mass is 35.5. The average Bonchev–Trinajstić information content (AvgIpc) is 3.08. The molecule has 166 valence electrons. The van der Waals surface area contributed by atoms with E-state index in [9.17, 15) is 24.8 Å². The molecule has 0 radical (unpaired) electrons. The molecule has 0 unspecified atom stereocenters. The van der Waals surface area contributed by atoms with Crippen molar-refractivity contribution in [2.45, 2.75) is 25.7 Å². The van der Waals surface area contributed by atoms with Crippen LogP contribution in [0.2, 0.25) is 5.02 Å². The van der Waals surface area contributed by atoms with Crippen LogP contribution in [0.25, 0.3) is 10.9 Å². The van der Waals surface area contributed by atoms with Crippen LogP contribution in [0.5, 0.6) is 5.88 Å². The van der Waals surface area contributed by atoms with Crippen molar-refractivity contribution in [3.63, 3.8) is 0 Å². The van der Waals surface area contributed by atoms with Crippen molar-refractivity contribution in [2.24, 2.45) is 10.2 Å². The summed E-state index contributed by atoms with van der Waals surface area (Å²) < 4.78 is 0. The highest BCUT2D eigenvalue weighted by Gasteiger charge is 2.15. The largest absolute Gasteiger partial charge is 0.493 e. The molecule has 0 bridgehead atoms. The fourth-order valence-corrected chi connectivity index (χ4v) is 3.26. The van der Waals surface area contributed by atoms with Crippen molar-refractivity contribution >= 4 is 45.7 Å². The van der Waals surface area contributed by atoms with Crippen LogP contribution in [-0.2, 0) is 4.79 Å². The van der Waals surface area contributed by atoms with E-state index in [4.69, 9.17) is 11.6 Å². The third-order valence-electron chi connectivity index (χ3n) is 4.68. The first-order chi connectivity index (χ1) is 15.4. The number of amides is 2. The molecule has 0 saturated heterocycles. The Morgan fingerprint density at radius 3 is 2.69 bits per heavy atom. The number of azo groups is 1. The predicted octanol–water partition coefficient (Wildman–Crippen LogP) is 5.04. The van der Waals surface area contributed by atoms with Gasteiger partial charge in [-0.3, -0.25) is 19.7 Å². The van der Waals surface area contributed by atoms with Gasteiger partial charge >= 0.3 is 0 Å². The molecule has 0 saturated carbocycles. The number of aromatic amines is 1. The zero-order valence-electron chi connectivity index (χ0n) is 16.9. The minimum Gasteiger partial charge on any atom is -0.493 e. The maximum atomic E-state index is 12.0. The fraction of sp³-hybridized carbons (Fsp3) is 0.238. The van der Waals surface area contributed by atoms with Gasteiger partial charge in [0.05, 0.1) is 21.0 Å². The van der Waals surface area contributed by atoms with Crippen LogP contribution >= 0.6 is 11.6 Å². The molecular weight excluding hydrogens is 438 g/mol. The lowest BCUT2D eigenvalue weighted by molar-refractivity contribution is -0.384. The monoisotopic (exact) mass is 457 g/mol. The summed E-state index contributed by atoms with van der Waals surface area (Å²) in [5.74, 6) is -1.06. The molecule has 2 aromatic carbocycles. The molecule has 3 N–H and O–H groups in total. The second kappa shape index (κ2) is 10.5. The van der Waals surface area contributed by atoms with Gasteiger partial charge in [-0.1, -0.05) is 30.2 Å². The van der Waals surface area contributed by atoms with Crippen LogP contribution in [0.3, 0.4) is 0 Å². The Morgan fingerprint density at radius 1 is 1.16 bits per heavy atom. The number of hydrogen-bond donors (Lipinski definition) is 3. The highest BCUT2D eigenvalue weighted by molar-refractivity contribution is 6.33. The quantitative estimate of drug-likeness (QED) is 0.178. The van der Waals surface area contributed by atoms with Crippen molar-refractivity contribution < 1.29 is 19.6 Å². The number of aromatic nitrogens is 1. The number of fused-ring (bicyclic) bond motifs is 1. The molecule has 0 fully saturated rings. The van der Waals surface area contributed by atoms with E-state index in [2.05, 4.69) is 20.5 Å². The Hall–Kier alpha value is -3.79. The Balaban J connectivity index is 1.45. The number of nitro groups is 1. The van der Waals surface area contributed by atoms with E-state index < -0.39 is 10.8 Å². The second-order valence-electron chi connectivity index (χ2n) is 6.95. The number of nitro benzene ring substituents is 1. The minimum absolute atomic E-state index is 0.0284. The summed E-state index contributed by atoms with van der Waals surface area (Å²) >= 11 is 5.98. The molecule has 11 heteroatoms. The van der Waals surface area contributed by atoms with Crippen LogP contribution in [-0.4, -0.2) is 33.4 Å². The van der Waals surface area contributed by atoms with Crippen LogP contribution < -0.4 is 5.32 Å². The lowest BCUT2D eigenvalue weighted by Gasteiger charge is -2.06. The molecule has 2 amide bonds. The number of halogens is 1. The molecule has 10 nitrogen and oxygen atoms in total. The van der Waals surface area contributed by atoms with Crippen molar-refractivity contribution in [3.8, 4) is 5.88 Å². The first-order valence-electron chi connectivity index (χ1n) is 9.83. The Kier molecular flexibility index (Phi) is 7.50. The fourth-order valence-electron chi connectivity index (χ4n) is 3.04. The number of nitrogens with zero attached hydrogens (tertiary/aromatic N) is 3. The summed E-state index contributed by atoms with van der Waals surface area (Å²) in [5.41, 5.74) is 0.657. The van der Waals surface area contributed by atoms with Crippen LogP contribution in [0.1, 0.15) is 36.0 Å². The molecule has 3 aromatic rings. The Morgan fingerprint density at radius 2 is 1.94 bits per heavy atom. The highest BCUT2D eigenvalue weighted by Crippen LogP contribution is 2.37. The number of carbonyl (C=O) groups is 2. The van der Waals surface area contributed by atoms with Crippen LogP contribution in [0.15, 0.2) is 52.7 Å². The summed E-state index contributed by atoms with van der Waals surface area (Å²) in [6.07, 6.45) is 2.05. The van der Waals surface area contributed by atoms with Crippen molar-refractivity contribution in [2.75, 3.05) is 6.54 Å². The number of carbonyl (C=O) groups excluding carboxylic acids is 2. The van der Waals surface area contributed by atoms with Gasteiger partial charge < -0.3 is 15.4 Å². The normalized spacial score (nSPS) is 11.2. The van der Waals surface area contributed by atoms with Crippen molar-refractivity contribution in [1.82, 2.24) is 10.3 Å². The van der Waals surface area contributed by atoms with Crippen molar-refractivity contribution in [1.29, 1.82) is 0 Å². The predicted molar refractivity (Wildman–Crippen MR) is 118 cm³/mol. The smallest absolute Gasteiger partial charge is 0.270 e. The number of hydrogen-bond acceptors (Lipinski definition) is 6. The maximum Gasteiger partial charge on any atom is 0.270 e. The first kappa shape index (κ1) is 22.9. The van der Waals surface area contributed by atoms with Crippen LogP contribution in [0.4, 0.5) is 11.4 Å². The number of unbranched alkanes of at least 4 members (excludes halogenated alkanes) is 2. The van der Waals surface area contributed by atoms with Gasteiger partial charge in [-0.15, -0.1) is 10.2 Å². The van der Waals surface area contributed by atoms with Gasteiger partial charge in [-0.25, -0.2) is 0 Å². The zero-order valence-corrected chi connectivity index (χ0v) is 17.6. The Labute approximate surface area is 187 Å². The van der Waals surface area contributed by atoms with Gasteiger partial charge in [-0.2, -0.15) is 0 Å². The summed E-state index contributed by atoms with van der Waals surface area (Å²) in [4.78, 5) is 37.0. The van der Waals surface area contributed by atoms with E-state index in [0.29, 0.717) is 47.3 Å². The van der Waals surface area contributed by atoms with Gasteiger partial charge in [0.15, 0.2) is 5.69 Å². The summed E-state index contributed by atoms with van der Waals surface area (Å²) in [6, 6.07) is 10.8. The third-order valence-corrected chi connectivity index (χ3v) is 5.01. The van der Waals surface area contributed by atoms with E-state index in [1.807, 2.05) is 0 Å². The first-order valence-corrected chi connectivity index (χ1v) is 10.2. The number of benzene rings is 2. The maximum absolute atomic E-state index is 12.0. The van der Waals surface area contributed by atoms with E-state index in [1.165, 1.54) is 18.2 Å². The molecule has 1 heterocycles. The van der Waals surface area contributed by atoms with E-state index in [0.717, 1.165) is 0 Å². The molecule has 0 spiro atoms. The Bertz CT molecular complexity index is 1190. The summed E-state index contributed by atoms with van der Waals surface area (Å²) in [6.45, 7) is 0.446. The summed E-state index contributed by atoms with van der Waals surface area (Å²) in [5, 5.41) is 31.7. The number of non-ortho nitro benzene ring substituents is 1. The number of rotatable bonds is 9. The molecule has 1 aromatic heterocycles. The molecule has 3 rings (SSSR count). The van der Waals surface area contributed by atoms with Gasteiger partial charge in [-0.05, 0) is 31.0 Å². The molecular formula is C21H20ClN5O5. The van der Waals surface area contributed by atoms with Gasteiger partial charge in [0.1, 0.15) is 0 Å². The standard InChI is InChI=1S/C21H20ClN5O5/c22-16-7-4-3-6-14(16)20(29)23-11-5-1-2-8-18(28)25-26-19-15-12-13(27(31)32)9-10-17(15)24-21(19)30/h3-4,6-7,9-10,12,24,30H,1-2,5,8,11H2,(H,23,29). The van der Waals surface area contributed by atoms with Crippen molar-refractivity contribution in [3.05, 3.63) is 63.2 Å². The van der Waals surface area contributed by atoms with Gasteiger partial charge in [0.2, 0.25) is 5.88 Å². The SMILES string of the molecule is O=C(CCCCCNC(=O)c1ccccc1Cl)N=Nc1c(O)[nH]c2ccc([N+](=O)[O-])cc12. The molecule has 0 atom stereocenters. The van der Waals surface area contributed by atoms with Gasteiger partial charge in [0, 0.05) is 30.5 Å². The van der Waals surface area contributed by atoms with E-state index >= 15 is 0 Å². The summed E-state index contributed by atoms with van der Waals surface area (Å²) in [7, 11) is 0. The molecule has 32 heavy (non-hydrogen) atoms. The molecule has 0 aliphatic carbocycles. The lowest BCUT2D eigenvalue weighted by atomic mass is 10.1. The lowest BCUT2D eigenvalue weighted by Crippen LogP contribution is -2.24. The molecule has 0 aliphatic heterocycles. The van der Waals surface area contributed by atoms with E-state index in [-0.39, 0.29) is 29.6 Å². The molecule has 0 aliphatic rings.